The van der Waals surface area contributed by atoms with Gasteiger partial charge in [-0.25, -0.2) is 4.98 Å². The van der Waals surface area contributed by atoms with Gasteiger partial charge in [0, 0.05) is 17.4 Å². The number of halogens is 1. The van der Waals surface area contributed by atoms with E-state index in [1.165, 1.54) is 5.57 Å². The number of hydrogen-bond acceptors (Lipinski definition) is 2. The number of rotatable bonds is 1. The molecule has 0 radical (unpaired) electrons. The van der Waals surface area contributed by atoms with Gasteiger partial charge >= 0.3 is 0 Å². The number of benzene rings is 1. The minimum atomic E-state index is 0.0508. The fraction of sp³-hybridized carbons (Fsp3) is 0.429. The standard InChI is InChI=1S/C19H19BrN2O.C2H6/c1-11-7-15-17(16(20)8-11)21-18(22(2)19(15)23)14-9-12-5-3-4-6-13(12)10-14;1-2/h3,5,7-8,14H,4,6,9-10H2,1-2H3;1-2H3. The van der Waals surface area contributed by atoms with Gasteiger partial charge in [0.25, 0.3) is 5.56 Å². The lowest BCUT2D eigenvalue weighted by Crippen LogP contribution is -2.24. The SMILES string of the molecule is CC.Cc1cc(Br)c2nc(C3CC4=C(CCC=C4)C3)n(C)c(=O)c2c1. The molecule has 0 amide bonds. The Hall–Kier alpha value is -1.68. The van der Waals surface area contributed by atoms with Crippen LogP contribution in [0.25, 0.3) is 10.9 Å². The Morgan fingerprint density at radius 1 is 1.24 bits per heavy atom. The van der Waals surface area contributed by atoms with E-state index in [-0.39, 0.29) is 5.56 Å². The fourth-order valence-corrected chi connectivity index (χ4v) is 4.54. The van der Waals surface area contributed by atoms with Crippen molar-refractivity contribution in [3.8, 4) is 0 Å². The van der Waals surface area contributed by atoms with Crippen LogP contribution in [-0.4, -0.2) is 9.55 Å². The summed E-state index contributed by atoms with van der Waals surface area (Å²) in [5.74, 6) is 1.23. The maximum atomic E-state index is 12.8. The number of nitrogens with zero attached hydrogens (tertiary/aromatic N) is 2. The smallest absolute Gasteiger partial charge is 0.261 e. The molecule has 1 aromatic heterocycles. The van der Waals surface area contributed by atoms with E-state index in [9.17, 15) is 4.79 Å². The van der Waals surface area contributed by atoms with Crippen molar-refractivity contribution < 1.29 is 0 Å². The number of aromatic nitrogens is 2. The first-order valence-electron chi connectivity index (χ1n) is 9.09. The van der Waals surface area contributed by atoms with Crippen LogP contribution in [0.3, 0.4) is 0 Å². The molecule has 0 aliphatic heterocycles. The molecule has 4 rings (SSSR count). The summed E-state index contributed by atoms with van der Waals surface area (Å²) in [4.78, 5) is 17.7. The molecule has 0 spiro atoms. The van der Waals surface area contributed by atoms with Crippen LogP contribution in [0.1, 0.15) is 56.8 Å². The van der Waals surface area contributed by atoms with Crippen molar-refractivity contribution in [1.82, 2.24) is 9.55 Å². The normalized spacial score (nSPS) is 19.0. The molecule has 3 nitrogen and oxygen atoms in total. The van der Waals surface area contributed by atoms with Crippen LogP contribution in [0.4, 0.5) is 0 Å². The Kier molecular flexibility index (Phi) is 5.28. The zero-order chi connectivity index (χ0) is 18.1. The predicted octanol–water partition coefficient (Wildman–Crippen LogP) is 5.55. The maximum Gasteiger partial charge on any atom is 0.261 e. The lowest BCUT2D eigenvalue weighted by atomic mass is 10.0. The van der Waals surface area contributed by atoms with Gasteiger partial charge in [-0.3, -0.25) is 9.36 Å². The molecule has 2 aliphatic carbocycles. The van der Waals surface area contributed by atoms with E-state index < -0.39 is 0 Å². The molecular weight excluding hydrogens is 376 g/mol. The zero-order valence-electron chi connectivity index (χ0n) is 15.4. The third-order valence-corrected chi connectivity index (χ3v) is 5.63. The summed E-state index contributed by atoms with van der Waals surface area (Å²) >= 11 is 3.58. The third-order valence-electron chi connectivity index (χ3n) is 5.02. The van der Waals surface area contributed by atoms with Gasteiger partial charge in [0.05, 0.1) is 10.9 Å². The molecule has 132 valence electrons. The molecule has 0 saturated carbocycles. The second kappa shape index (κ2) is 7.28. The number of fused-ring (bicyclic) bond motifs is 1. The van der Waals surface area contributed by atoms with Crippen molar-refractivity contribution >= 4 is 26.8 Å². The van der Waals surface area contributed by atoms with E-state index in [1.807, 2.05) is 40.0 Å². The second-order valence-electron chi connectivity index (χ2n) is 6.65. The highest BCUT2D eigenvalue weighted by molar-refractivity contribution is 9.10. The number of allylic oxidation sites excluding steroid dienone is 4. The number of hydrogen-bond donors (Lipinski definition) is 0. The Bertz CT molecular complexity index is 937. The quantitative estimate of drug-likeness (QED) is 0.628. The highest BCUT2D eigenvalue weighted by Crippen LogP contribution is 2.42. The average Bonchev–Trinajstić information content (AvgIpc) is 3.04. The van der Waals surface area contributed by atoms with Gasteiger partial charge in [-0.15, -0.1) is 0 Å². The third kappa shape index (κ3) is 3.24. The summed E-state index contributed by atoms with van der Waals surface area (Å²) < 4.78 is 2.66. The average molecular weight is 401 g/mol. The highest BCUT2D eigenvalue weighted by atomic mass is 79.9. The van der Waals surface area contributed by atoms with E-state index in [0.717, 1.165) is 47.1 Å². The molecule has 2 aliphatic rings. The van der Waals surface area contributed by atoms with Crippen molar-refractivity contribution in [3.05, 3.63) is 61.6 Å². The minimum absolute atomic E-state index is 0.0508. The lowest BCUT2D eigenvalue weighted by molar-refractivity contribution is 0.614. The zero-order valence-corrected chi connectivity index (χ0v) is 17.0. The molecule has 0 bridgehead atoms. The van der Waals surface area contributed by atoms with Gasteiger partial charge in [-0.2, -0.15) is 0 Å². The van der Waals surface area contributed by atoms with E-state index in [0.29, 0.717) is 11.3 Å². The molecule has 0 saturated heterocycles. The Balaban J connectivity index is 0.000000880. The molecule has 1 unspecified atom stereocenters. The molecule has 0 fully saturated rings. The minimum Gasteiger partial charge on any atom is -0.299 e. The summed E-state index contributed by atoms with van der Waals surface area (Å²) in [6.07, 6.45) is 8.86. The maximum absolute atomic E-state index is 12.8. The largest absolute Gasteiger partial charge is 0.299 e. The van der Waals surface area contributed by atoms with Crippen molar-refractivity contribution in [3.63, 3.8) is 0 Å². The predicted molar refractivity (Wildman–Crippen MR) is 108 cm³/mol. The van der Waals surface area contributed by atoms with Gasteiger partial charge in [-0.05, 0) is 71.8 Å². The topological polar surface area (TPSA) is 34.9 Å². The van der Waals surface area contributed by atoms with Gasteiger partial charge in [-0.1, -0.05) is 31.6 Å². The first kappa shape index (κ1) is 18.1. The molecule has 1 aromatic carbocycles. The van der Waals surface area contributed by atoms with E-state index >= 15 is 0 Å². The van der Waals surface area contributed by atoms with Crippen LogP contribution in [0.15, 0.2) is 44.7 Å². The van der Waals surface area contributed by atoms with E-state index in [2.05, 4.69) is 28.1 Å². The van der Waals surface area contributed by atoms with E-state index in [1.54, 1.807) is 10.1 Å². The first-order valence-corrected chi connectivity index (χ1v) is 9.88. The van der Waals surface area contributed by atoms with Crippen molar-refractivity contribution in [2.45, 2.75) is 52.4 Å². The van der Waals surface area contributed by atoms with Crippen LogP contribution in [0.2, 0.25) is 0 Å². The molecule has 0 N–H and O–H groups in total. The van der Waals surface area contributed by atoms with Gasteiger partial charge in [0.15, 0.2) is 0 Å². The summed E-state index contributed by atoms with van der Waals surface area (Å²) in [6.45, 7) is 6.00. The van der Waals surface area contributed by atoms with Crippen LogP contribution in [0.5, 0.6) is 0 Å². The van der Waals surface area contributed by atoms with Gasteiger partial charge in [0.1, 0.15) is 5.82 Å². The van der Waals surface area contributed by atoms with Crippen LogP contribution in [0, 0.1) is 6.92 Å². The van der Waals surface area contributed by atoms with Crippen LogP contribution in [-0.2, 0) is 7.05 Å². The highest BCUT2D eigenvalue weighted by Gasteiger charge is 2.28. The summed E-state index contributed by atoms with van der Waals surface area (Å²) in [6, 6.07) is 3.96. The summed E-state index contributed by atoms with van der Waals surface area (Å²) in [5.41, 5.74) is 4.91. The Labute approximate surface area is 157 Å². The summed E-state index contributed by atoms with van der Waals surface area (Å²) in [7, 11) is 1.85. The Morgan fingerprint density at radius 3 is 2.72 bits per heavy atom. The summed E-state index contributed by atoms with van der Waals surface area (Å²) in [5, 5.41) is 0.693. The lowest BCUT2D eigenvalue weighted by Gasteiger charge is -2.16. The van der Waals surface area contributed by atoms with Crippen LogP contribution >= 0.6 is 15.9 Å². The Morgan fingerprint density at radius 2 is 2.00 bits per heavy atom. The first-order chi connectivity index (χ1) is 12.0. The molecular formula is C21H25BrN2O. The second-order valence-corrected chi connectivity index (χ2v) is 7.51. The molecule has 2 aromatic rings. The van der Waals surface area contributed by atoms with Crippen molar-refractivity contribution in [2.75, 3.05) is 0 Å². The van der Waals surface area contributed by atoms with Gasteiger partial charge in [0.2, 0.25) is 0 Å². The van der Waals surface area contributed by atoms with Crippen molar-refractivity contribution in [1.29, 1.82) is 0 Å². The fourth-order valence-electron chi connectivity index (χ4n) is 3.88. The monoisotopic (exact) mass is 400 g/mol. The van der Waals surface area contributed by atoms with E-state index in [4.69, 9.17) is 4.98 Å². The molecule has 1 heterocycles. The van der Waals surface area contributed by atoms with Gasteiger partial charge < -0.3 is 0 Å². The molecule has 25 heavy (non-hydrogen) atoms. The van der Waals surface area contributed by atoms with Crippen LogP contribution < -0.4 is 5.56 Å². The number of aryl methyl sites for hydroxylation is 1. The molecule has 4 heteroatoms. The molecule has 1 atom stereocenters. The van der Waals surface area contributed by atoms with Crippen molar-refractivity contribution in [2.24, 2.45) is 7.05 Å².